The van der Waals surface area contributed by atoms with E-state index in [1.54, 1.807) is 60.9 Å². The quantitative estimate of drug-likeness (QED) is 0.723. The number of fused-ring (bicyclic) bond motifs is 1. The molecule has 0 atom stereocenters. The number of hydrogen-bond donors (Lipinski definition) is 1. The molecule has 0 spiro atoms. The molecule has 1 amide bonds. The maximum atomic E-state index is 12.9. The molecule has 0 fully saturated rings. The van der Waals surface area contributed by atoms with Gasteiger partial charge in [-0.25, -0.2) is 8.42 Å². The molecule has 142 valence electrons. The van der Waals surface area contributed by atoms with E-state index in [1.807, 2.05) is 12.1 Å². The molecule has 4 rings (SSSR count). The van der Waals surface area contributed by atoms with E-state index in [4.69, 9.17) is 0 Å². The highest BCUT2D eigenvalue weighted by atomic mass is 32.2. The molecule has 0 radical (unpaired) electrons. The van der Waals surface area contributed by atoms with Crippen LogP contribution in [-0.2, 0) is 23.0 Å². The Morgan fingerprint density at radius 3 is 2.54 bits per heavy atom. The number of hydrogen-bond acceptors (Lipinski definition) is 4. The minimum atomic E-state index is -3.60. The van der Waals surface area contributed by atoms with Crippen LogP contribution in [0, 0.1) is 0 Å². The molecule has 0 bridgehead atoms. The second-order valence-electron chi connectivity index (χ2n) is 6.52. The number of carbonyl (C=O) groups excluding carboxylic acids is 1. The smallest absolute Gasteiger partial charge is 0.264 e. The molecule has 2 heterocycles. The van der Waals surface area contributed by atoms with Gasteiger partial charge in [-0.2, -0.15) is 0 Å². The summed E-state index contributed by atoms with van der Waals surface area (Å²) in [7, 11) is -3.60. The van der Waals surface area contributed by atoms with Gasteiger partial charge in [-0.1, -0.05) is 18.2 Å². The van der Waals surface area contributed by atoms with Crippen LogP contribution in [0.4, 0.5) is 5.69 Å². The number of nitrogens with one attached hydrogen (secondary N) is 1. The fraction of sp³-hybridized carbons (Fsp3) is 0.143. The summed E-state index contributed by atoms with van der Waals surface area (Å²) in [5, 5.41) is 2.88. The molecule has 1 aromatic heterocycles. The minimum absolute atomic E-state index is 0.191. The Morgan fingerprint density at radius 2 is 1.79 bits per heavy atom. The average Bonchev–Trinajstić information content (AvgIpc) is 3.17. The number of sulfonamides is 1. The van der Waals surface area contributed by atoms with Crippen molar-refractivity contribution in [3.63, 3.8) is 0 Å². The van der Waals surface area contributed by atoms with Crippen molar-refractivity contribution in [2.75, 3.05) is 10.8 Å². The van der Waals surface area contributed by atoms with Gasteiger partial charge in [0, 0.05) is 31.0 Å². The van der Waals surface area contributed by atoms with Crippen molar-refractivity contribution in [2.24, 2.45) is 0 Å². The van der Waals surface area contributed by atoms with Gasteiger partial charge in [0.2, 0.25) is 0 Å². The number of amides is 1. The van der Waals surface area contributed by atoms with Crippen LogP contribution in [0.1, 0.15) is 21.5 Å². The standard InChI is InChI=1S/C21H19N3O3S/c25-21(23-15-16-8-11-22-12-9-16)18-6-7-20-17(14-18)10-13-24(20)28(26,27)19-4-2-1-3-5-19/h1-9,11-12,14H,10,13,15H2,(H,23,25). The number of pyridine rings is 1. The van der Waals surface area contributed by atoms with Crippen molar-refractivity contribution in [3.8, 4) is 0 Å². The molecule has 0 aliphatic carbocycles. The normalized spacial score (nSPS) is 13.2. The van der Waals surface area contributed by atoms with Crippen LogP contribution in [0.25, 0.3) is 0 Å². The van der Waals surface area contributed by atoms with E-state index in [1.165, 1.54) is 4.31 Å². The fourth-order valence-electron chi connectivity index (χ4n) is 3.27. The summed E-state index contributed by atoms with van der Waals surface area (Å²) in [5.41, 5.74) is 2.97. The largest absolute Gasteiger partial charge is 0.348 e. The molecular weight excluding hydrogens is 374 g/mol. The van der Waals surface area contributed by atoms with Gasteiger partial charge >= 0.3 is 0 Å². The molecular formula is C21H19N3O3S. The lowest BCUT2D eigenvalue weighted by Crippen LogP contribution is -2.29. The van der Waals surface area contributed by atoms with Crippen LogP contribution < -0.4 is 9.62 Å². The summed E-state index contributed by atoms with van der Waals surface area (Å²) in [6, 6.07) is 17.2. The summed E-state index contributed by atoms with van der Waals surface area (Å²) in [5.74, 6) is -0.191. The Morgan fingerprint density at radius 1 is 1.04 bits per heavy atom. The van der Waals surface area contributed by atoms with Crippen LogP contribution >= 0.6 is 0 Å². The molecule has 1 N–H and O–H groups in total. The Hall–Kier alpha value is -3.19. The number of aromatic nitrogens is 1. The summed E-state index contributed by atoms with van der Waals surface area (Å²) in [4.78, 5) is 16.7. The monoisotopic (exact) mass is 393 g/mol. The summed E-state index contributed by atoms with van der Waals surface area (Å²) >= 11 is 0. The first kappa shape index (κ1) is 18.2. The van der Waals surface area contributed by atoms with E-state index in [0.29, 0.717) is 30.8 Å². The van der Waals surface area contributed by atoms with Crippen LogP contribution in [-0.4, -0.2) is 25.9 Å². The number of anilines is 1. The van der Waals surface area contributed by atoms with Crippen molar-refractivity contribution in [1.82, 2.24) is 10.3 Å². The first-order valence-corrected chi connectivity index (χ1v) is 10.4. The van der Waals surface area contributed by atoms with Crippen LogP contribution in [0.5, 0.6) is 0 Å². The van der Waals surface area contributed by atoms with Crippen molar-refractivity contribution in [2.45, 2.75) is 17.9 Å². The highest BCUT2D eigenvalue weighted by molar-refractivity contribution is 7.92. The predicted molar refractivity (Wildman–Crippen MR) is 107 cm³/mol. The number of carbonyl (C=O) groups is 1. The lowest BCUT2D eigenvalue weighted by molar-refractivity contribution is 0.0951. The Balaban J connectivity index is 1.53. The van der Waals surface area contributed by atoms with E-state index in [0.717, 1.165) is 11.1 Å². The second kappa shape index (κ2) is 7.44. The molecule has 0 saturated heterocycles. The lowest BCUT2D eigenvalue weighted by atomic mass is 10.1. The number of nitrogens with zero attached hydrogens (tertiary/aromatic N) is 2. The van der Waals surface area contributed by atoms with Crippen LogP contribution in [0.3, 0.4) is 0 Å². The molecule has 0 unspecified atom stereocenters. The first-order chi connectivity index (χ1) is 13.6. The SMILES string of the molecule is O=C(NCc1ccncc1)c1ccc2c(c1)CCN2S(=O)(=O)c1ccccc1. The Kier molecular flexibility index (Phi) is 4.83. The van der Waals surface area contributed by atoms with Gasteiger partial charge in [0.15, 0.2) is 0 Å². The molecule has 1 aliphatic heterocycles. The lowest BCUT2D eigenvalue weighted by Gasteiger charge is -2.19. The predicted octanol–water partition coefficient (Wildman–Crippen LogP) is 2.76. The third-order valence-electron chi connectivity index (χ3n) is 4.73. The second-order valence-corrected chi connectivity index (χ2v) is 8.38. The van der Waals surface area contributed by atoms with Gasteiger partial charge in [-0.15, -0.1) is 0 Å². The third kappa shape index (κ3) is 3.48. The van der Waals surface area contributed by atoms with E-state index < -0.39 is 10.0 Å². The third-order valence-corrected chi connectivity index (χ3v) is 6.56. The molecule has 0 saturated carbocycles. The molecule has 6 nitrogen and oxygen atoms in total. The van der Waals surface area contributed by atoms with Crippen molar-refractivity contribution in [3.05, 3.63) is 89.7 Å². The maximum Gasteiger partial charge on any atom is 0.264 e. The summed E-state index contributed by atoms with van der Waals surface area (Å²) < 4.78 is 27.2. The summed E-state index contributed by atoms with van der Waals surface area (Å²) in [6.45, 7) is 0.779. The highest BCUT2D eigenvalue weighted by Gasteiger charge is 2.31. The molecule has 2 aromatic carbocycles. The van der Waals surface area contributed by atoms with Gasteiger partial charge < -0.3 is 5.32 Å². The van der Waals surface area contributed by atoms with Gasteiger partial charge in [0.25, 0.3) is 15.9 Å². The first-order valence-electron chi connectivity index (χ1n) is 8.93. The van der Waals surface area contributed by atoms with Gasteiger partial charge in [-0.05, 0) is 60.0 Å². The number of benzene rings is 2. The Labute approximate surface area is 163 Å². The summed E-state index contributed by atoms with van der Waals surface area (Å²) in [6.07, 6.45) is 3.93. The van der Waals surface area contributed by atoms with E-state index >= 15 is 0 Å². The molecule has 7 heteroatoms. The highest BCUT2D eigenvalue weighted by Crippen LogP contribution is 2.33. The molecule has 1 aliphatic rings. The topological polar surface area (TPSA) is 79.4 Å². The number of rotatable bonds is 5. The van der Waals surface area contributed by atoms with Gasteiger partial charge in [0.1, 0.15) is 0 Å². The molecule has 3 aromatic rings. The zero-order chi connectivity index (χ0) is 19.6. The van der Waals surface area contributed by atoms with E-state index in [9.17, 15) is 13.2 Å². The zero-order valence-electron chi connectivity index (χ0n) is 15.1. The molecule has 28 heavy (non-hydrogen) atoms. The Bertz CT molecular complexity index is 1100. The fourth-order valence-corrected chi connectivity index (χ4v) is 4.79. The van der Waals surface area contributed by atoms with Gasteiger partial charge in [-0.3, -0.25) is 14.1 Å². The average molecular weight is 393 g/mol. The van der Waals surface area contributed by atoms with E-state index in [2.05, 4.69) is 10.3 Å². The van der Waals surface area contributed by atoms with Crippen LogP contribution in [0.15, 0.2) is 78.0 Å². The maximum absolute atomic E-state index is 12.9. The van der Waals surface area contributed by atoms with Crippen molar-refractivity contribution in [1.29, 1.82) is 0 Å². The van der Waals surface area contributed by atoms with Crippen molar-refractivity contribution >= 4 is 21.6 Å². The van der Waals surface area contributed by atoms with E-state index in [-0.39, 0.29) is 10.8 Å². The van der Waals surface area contributed by atoms with Crippen LogP contribution in [0.2, 0.25) is 0 Å². The minimum Gasteiger partial charge on any atom is -0.348 e. The zero-order valence-corrected chi connectivity index (χ0v) is 15.9. The van der Waals surface area contributed by atoms with Crippen molar-refractivity contribution < 1.29 is 13.2 Å². The van der Waals surface area contributed by atoms with Gasteiger partial charge in [0.05, 0.1) is 10.6 Å².